The summed E-state index contributed by atoms with van der Waals surface area (Å²) >= 11 is 0. The second-order valence-electron chi connectivity index (χ2n) is 6.40. The fraction of sp³-hybridized carbons (Fsp3) is 0.412. The van der Waals surface area contributed by atoms with Gasteiger partial charge in [0.25, 0.3) is 0 Å². The van der Waals surface area contributed by atoms with Crippen molar-refractivity contribution in [3.8, 4) is 12.1 Å². The van der Waals surface area contributed by atoms with Gasteiger partial charge in [-0.25, -0.2) is 0 Å². The van der Waals surface area contributed by atoms with E-state index in [9.17, 15) is 18.4 Å². The van der Waals surface area contributed by atoms with Gasteiger partial charge >= 0.3 is 6.18 Å². The fourth-order valence-corrected chi connectivity index (χ4v) is 1.86. The molecule has 1 aromatic carbocycles. The Kier molecular flexibility index (Phi) is 6.25. The minimum Gasteiger partial charge on any atom is -0.374 e. The van der Waals surface area contributed by atoms with Crippen LogP contribution in [0.4, 0.5) is 13.2 Å². The number of nitrogens with zero attached hydrogens (tertiary/aromatic N) is 2. The number of benzene rings is 1. The summed E-state index contributed by atoms with van der Waals surface area (Å²) in [7, 11) is 0. The third-order valence-corrected chi connectivity index (χ3v) is 3.05. The molecule has 0 fully saturated rings. The van der Waals surface area contributed by atoms with Crippen molar-refractivity contribution in [2.24, 2.45) is 5.41 Å². The first kappa shape index (κ1) is 19.4. The van der Waals surface area contributed by atoms with Crippen molar-refractivity contribution in [3.05, 3.63) is 46.8 Å². The monoisotopic (exact) mass is 336 g/mol. The van der Waals surface area contributed by atoms with Crippen molar-refractivity contribution in [2.45, 2.75) is 33.5 Å². The molecule has 0 aliphatic carbocycles. The Labute approximate surface area is 139 Å². The number of rotatable bonds is 5. The highest BCUT2D eigenvalue weighted by molar-refractivity contribution is 5.36. The summed E-state index contributed by atoms with van der Waals surface area (Å²) < 4.78 is 38.9. The number of nitrogens with one attached hydrogen (secondary N) is 2. The molecule has 1 aromatic rings. The van der Waals surface area contributed by atoms with Crippen LogP contribution in [0.15, 0.2) is 35.7 Å². The Balaban J connectivity index is 2.97. The standard InChI is InChI=1S/C17H19F3N4/c1-16(2,3)11-24-15(9-22)14(8-21)23-10-12-6-4-5-7-13(12)17(18,19)20/h4-7,23-24H,10-11H2,1-3H3/b15-14-. The summed E-state index contributed by atoms with van der Waals surface area (Å²) in [6, 6.07) is 8.80. The molecule has 24 heavy (non-hydrogen) atoms. The number of alkyl halides is 3. The molecule has 7 heteroatoms. The predicted octanol–water partition coefficient (Wildman–Crippen LogP) is 3.69. The molecule has 0 atom stereocenters. The lowest BCUT2D eigenvalue weighted by Gasteiger charge is -2.20. The van der Waals surface area contributed by atoms with E-state index in [1.54, 1.807) is 0 Å². The third-order valence-electron chi connectivity index (χ3n) is 3.05. The zero-order valence-corrected chi connectivity index (χ0v) is 13.8. The molecule has 0 heterocycles. The molecule has 4 nitrogen and oxygen atoms in total. The predicted molar refractivity (Wildman–Crippen MR) is 84.0 cm³/mol. The molecule has 0 saturated carbocycles. The maximum absolute atomic E-state index is 13.0. The van der Waals surface area contributed by atoms with Crippen molar-refractivity contribution in [1.82, 2.24) is 10.6 Å². The maximum Gasteiger partial charge on any atom is 0.416 e. The lowest BCUT2D eigenvalue weighted by molar-refractivity contribution is -0.138. The molecular formula is C17H19F3N4. The molecule has 0 radical (unpaired) electrons. The molecule has 0 amide bonds. The largest absolute Gasteiger partial charge is 0.416 e. The molecule has 1 rings (SSSR count). The van der Waals surface area contributed by atoms with Crippen molar-refractivity contribution >= 4 is 0 Å². The van der Waals surface area contributed by atoms with E-state index in [1.807, 2.05) is 32.9 Å². The minimum atomic E-state index is -4.47. The molecule has 0 saturated heterocycles. The number of hydrogen-bond donors (Lipinski definition) is 2. The van der Waals surface area contributed by atoms with Crippen LogP contribution in [0.3, 0.4) is 0 Å². The summed E-state index contributed by atoms with van der Waals surface area (Å²) in [4.78, 5) is 0. The van der Waals surface area contributed by atoms with Crippen LogP contribution >= 0.6 is 0 Å². The van der Waals surface area contributed by atoms with E-state index in [0.717, 1.165) is 6.07 Å². The Hall–Kier alpha value is -2.67. The van der Waals surface area contributed by atoms with Gasteiger partial charge in [0, 0.05) is 13.1 Å². The summed E-state index contributed by atoms with van der Waals surface area (Å²) in [5.41, 5.74) is -0.955. The second kappa shape index (κ2) is 7.74. The zero-order chi connectivity index (χ0) is 18.4. The fourth-order valence-electron chi connectivity index (χ4n) is 1.86. The molecule has 0 spiro atoms. The normalized spacial score (nSPS) is 12.7. The van der Waals surface area contributed by atoms with Gasteiger partial charge in [0.1, 0.15) is 23.5 Å². The molecule has 0 bridgehead atoms. The van der Waals surface area contributed by atoms with Gasteiger partial charge in [0.2, 0.25) is 0 Å². The first-order valence-electron chi connectivity index (χ1n) is 7.26. The van der Waals surface area contributed by atoms with Gasteiger partial charge < -0.3 is 10.6 Å². The van der Waals surface area contributed by atoms with Crippen molar-refractivity contribution in [1.29, 1.82) is 10.5 Å². The van der Waals surface area contributed by atoms with Crippen LogP contribution in [0, 0.1) is 28.1 Å². The van der Waals surface area contributed by atoms with E-state index in [-0.39, 0.29) is 28.9 Å². The highest BCUT2D eigenvalue weighted by Crippen LogP contribution is 2.31. The van der Waals surface area contributed by atoms with Crippen LogP contribution in [0.1, 0.15) is 31.9 Å². The first-order valence-corrected chi connectivity index (χ1v) is 7.26. The van der Waals surface area contributed by atoms with Crippen LogP contribution in [0.5, 0.6) is 0 Å². The first-order chi connectivity index (χ1) is 11.1. The molecule has 0 unspecified atom stereocenters. The van der Waals surface area contributed by atoms with Gasteiger partial charge in [-0.1, -0.05) is 39.0 Å². The van der Waals surface area contributed by atoms with Gasteiger partial charge in [-0.3, -0.25) is 0 Å². The third kappa shape index (κ3) is 5.85. The van der Waals surface area contributed by atoms with Gasteiger partial charge in [-0.2, -0.15) is 23.7 Å². The smallest absolute Gasteiger partial charge is 0.374 e. The average molecular weight is 336 g/mol. The van der Waals surface area contributed by atoms with Gasteiger partial charge in [0.15, 0.2) is 0 Å². The lowest BCUT2D eigenvalue weighted by Crippen LogP contribution is -2.29. The Bertz CT molecular complexity index is 686. The summed E-state index contributed by atoms with van der Waals surface area (Å²) in [6.45, 7) is 6.10. The minimum absolute atomic E-state index is 0.00543. The van der Waals surface area contributed by atoms with Gasteiger partial charge in [-0.15, -0.1) is 0 Å². The molecule has 0 aliphatic rings. The van der Waals surface area contributed by atoms with E-state index in [4.69, 9.17) is 5.26 Å². The maximum atomic E-state index is 13.0. The van der Waals surface area contributed by atoms with Crippen molar-refractivity contribution in [3.63, 3.8) is 0 Å². The molecular weight excluding hydrogens is 317 g/mol. The molecule has 0 aliphatic heterocycles. The van der Waals surface area contributed by atoms with Gasteiger partial charge in [-0.05, 0) is 17.0 Å². The van der Waals surface area contributed by atoms with Crippen molar-refractivity contribution < 1.29 is 13.2 Å². The number of halogens is 3. The van der Waals surface area contributed by atoms with Crippen LogP contribution in [-0.2, 0) is 12.7 Å². The van der Waals surface area contributed by atoms with Crippen LogP contribution in [-0.4, -0.2) is 6.54 Å². The van der Waals surface area contributed by atoms with E-state index >= 15 is 0 Å². The van der Waals surface area contributed by atoms with Gasteiger partial charge in [0.05, 0.1) is 5.56 Å². The summed E-state index contributed by atoms with van der Waals surface area (Å²) in [5, 5.41) is 23.8. The van der Waals surface area contributed by atoms with E-state index in [1.165, 1.54) is 18.2 Å². The zero-order valence-electron chi connectivity index (χ0n) is 13.8. The SMILES string of the molecule is CC(C)(C)CN/C(C#N)=C(/C#N)NCc1ccccc1C(F)(F)F. The Morgan fingerprint density at radius 3 is 2.04 bits per heavy atom. The number of nitriles is 2. The second-order valence-corrected chi connectivity index (χ2v) is 6.40. The Morgan fingerprint density at radius 2 is 1.54 bits per heavy atom. The van der Waals surface area contributed by atoms with Crippen molar-refractivity contribution in [2.75, 3.05) is 6.54 Å². The lowest BCUT2D eigenvalue weighted by atomic mass is 9.97. The summed E-state index contributed by atoms with van der Waals surface area (Å²) in [6.07, 6.45) is -4.47. The van der Waals surface area contributed by atoms with Crippen LogP contribution in [0.2, 0.25) is 0 Å². The highest BCUT2D eigenvalue weighted by Gasteiger charge is 2.32. The topological polar surface area (TPSA) is 71.6 Å². The average Bonchev–Trinajstić information content (AvgIpc) is 2.49. The number of hydrogen-bond acceptors (Lipinski definition) is 4. The quantitative estimate of drug-likeness (QED) is 0.805. The highest BCUT2D eigenvalue weighted by atomic mass is 19.4. The van der Waals surface area contributed by atoms with E-state index < -0.39 is 11.7 Å². The van der Waals surface area contributed by atoms with Crippen LogP contribution in [0.25, 0.3) is 0 Å². The molecule has 0 aromatic heterocycles. The Morgan fingerprint density at radius 1 is 1.00 bits per heavy atom. The summed E-state index contributed by atoms with van der Waals surface area (Å²) in [5.74, 6) is 0. The van der Waals surface area contributed by atoms with E-state index in [0.29, 0.717) is 6.54 Å². The molecule has 2 N–H and O–H groups in total. The number of allylic oxidation sites excluding steroid dienone is 2. The van der Waals surface area contributed by atoms with E-state index in [2.05, 4.69) is 10.6 Å². The molecule has 128 valence electrons. The van der Waals surface area contributed by atoms with Crippen LogP contribution < -0.4 is 10.6 Å².